The third-order valence-electron chi connectivity index (χ3n) is 2.89. The molecule has 2 aromatic rings. The molecule has 1 heterocycles. The van der Waals surface area contributed by atoms with Crippen LogP contribution in [0.4, 0.5) is 5.69 Å². The topological polar surface area (TPSA) is 55.6 Å². The number of nitrogens with two attached hydrogens (primary N) is 1. The molecule has 0 aliphatic carbocycles. The van der Waals surface area contributed by atoms with Gasteiger partial charge in [0, 0.05) is 11.9 Å². The van der Waals surface area contributed by atoms with E-state index in [9.17, 15) is 4.79 Å². The molecule has 1 aromatic heterocycles. The minimum Gasteiger partial charge on any atom is -0.495 e. The predicted molar refractivity (Wildman–Crippen MR) is 77.7 cm³/mol. The Balaban J connectivity index is 2.24. The maximum Gasteiger partial charge on any atom is 0.249 e. The summed E-state index contributed by atoms with van der Waals surface area (Å²) in [6.45, 7) is 0. The Morgan fingerprint density at radius 2 is 2.05 bits per heavy atom. The summed E-state index contributed by atoms with van der Waals surface area (Å²) >= 11 is 1.48. The third kappa shape index (κ3) is 2.77. The van der Waals surface area contributed by atoms with Gasteiger partial charge in [-0.1, -0.05) is 18.2 Å². The summed E-state index contributed by atoms with van der Waals surface area (Å²) in [6, 6.07) is 10.5. The number of thiophene rings is 1. The summed E-state index contributed by atoms with van der Waals surface area (Å²) in [5, 5.41) is 1.91. The Labute approximate surface area is 116 Å². The number of nitrogens with zero attached hydrogens (tertiary/aromatic N) is 1. The molecule has 19 heavy (non-hydrogen) atoms. The second kappa shape index (κ2) is 5.86. The SMILES string of the molecule is COc1ccccc1N(C)C(=O)C(N)c1cccs1. The van der Waals surface area contributed by atoms with Crippen LogP contribution in [0.2, 0.25) is 0 Å². The first-order valence-electron chi connectivity index (χ1n) is 5.84. The molecule has 1 aromatic carbocycles. The molecule has 0 fully saturated rings. The zero-order valence-electron chi connectivity index (χ0n) is 10.9. The number of carbonyl (C=O) groups is 1. The smallest absolute Gasteiger partial charge is 0.249 e. The monoisotopic (exact) mass is 276 g/mol. The van der Waals surface area contributed by atoms with E-state index in [-0.39, 0.29) is 5.91 Å². The molecule has 0 radical (unpaired) electrons. The van der Waals surface area contributed by atoms with Gasteiger partial charge in [0.05, 0.1) is 12.8 Å². The van der Waals surface area contributed by atoms with Gasteiger partial charge in [-0.3, -0.25) is 4.79 Å². The second-order valence-corrected chi connectivity index (χ2v) is 5.04. The highest BCUT2D eigenvalue weighted by Crippen LogP contribution is 2.29. The summed E-state index contributed by atoms with van der Waals surface area (Å²) < 4.78 is 5.25. The fourth-order valence-electron chi connectivity index (χ4n) is 1.82. The van der Waals surface area contributed by atoms with E-state index < -0.39 is 6.04 Å². The lowest BCUT2D eigenvalue weighted by atomic mass is 10.2. The molecular weight excluding hydrogens is 260 g/mol. The van der Waals surface area contributed by atoms with Gasteiger partial charge in [-0.25, -0.2) is 0 Å². The summed E-state index contributed by atoms with van der Waals surface area (Å²) in [4.78, 5) is 14.7. The van der Waals surface area contributed by atoms with Crippen molar-refractivity contribution in [1.82, 2.24) is 0 Å². The number of para-hydroxylation sites is 2. The van der Waals surface area contributed by atoms with E-state index in [0.29, 0.717) is 11.4 Å². The van der Waals surface area contributed by atoms with Gasteiger partial charge in [0.2, 0.25) is 5.91 Å². The second-order valence-electron chi connectivity index (χ2n) is 4.06. The van der Waals surface area contributed by atoms with Crippen molar-refractivity contribution in [1.29, 1.82) is 0 Å². The largest absolute Gasteiger partial charge is 0.495 e. The van der Waals surface area contributed by atoms with Gasteiger partial charge in [0.1, 0.15) is 11.8 Å². The van der Waals surface area contributed by atoms with Gasteiger partial charge in [-0.15, -0.1) is 11.3 Å². The summed E-state index contributed by atoms with van der Waals surface area (Å²) in [5.41, 5.74) is 6.70. The van der Waals surface area contributed by atoms with Gasteiger partial charge in [-0.2, -0.15) is 0 Å². The molecule has 2 rings (SSSR count). The van der Waals surface area contributed by atoms with Crippen LogP contribution >= 0.6 is 11.3 Å². The molecular formula is C14H16N2O2S. The first-order valence-corrected chi connectivity index (χ1v) is 6.72. The highest BCUT2D eigenvalue weighted by molar-refractivity contribution is 7.10. The number of methoxy groups -OCH3 is 1. The van der Waals surface area contributed by atoms with Crippen LogP contribution in [0.5, 0.6) is 5.75 Å². The number of rotatable bonds is 4. The van der Waals surface area contributed by atoms with Crippen LogP contribution in [0, 0.1) is 0 Å². The molecule has 100 valence electrons. The van der Waals surface area contributed by atoms with Crippen molar-refractivity contribution in [2.45, 2.75) is 6.04 Å². The van der Waals surface area contributed by atoms with Gasteiger partial charge < -0.3 is 15.4 Å². The Hall–Kier alpha value is -1.85. The number of likely N-dealkylation sites (N-methyl/N-ethyl adjacent to an activating group) is 1. The molecule has 5 heteroatoms. The number of anilines is 1. The zero-order chi connectivity index (χ0) is 13.8. The molecule has 2 N–H and O–H groups in total. The van der Waals surface area contributed by atoms with Gasteiger partial charge in [0.25, 0.3) is 0 Å². The Morgan fingerprint density at radius 1 is 1.32 bits per heavy atom. The van der Waals surface area contributed by atoms with Crippen LogP contribution in [0.15, 0.2) is 41.8 Å². The van der Waals surface area contributed by atoms with Crippen molar-refractivity contribution in [3.05, 3.63) is 46.7 Å². The van der Waals surface area contributed by atoms with Crippen molar-refractivity contribution in [2.24, 2.45) is 5.73 Å². The van der Waals surface area contributed by atoms with Gasteiger partial charge >= 0.3 is 0 Å². The number of benzene rings is 1. The number of hydrogen-bond acceptors (Lipinski definition) is 4. The predicted octanol–water partition coefficient (Wildman–Crippen LogP) is 2.42. The number of ether oxygens (including phenoxy) is 1. The van der Waals surface area contributed by atoms with Crippen molar-refractivity contribution < 1.29 is 9.53 Å². The van der Waals surface area contributed by atoms with E-state index in [2.05, 4.69) is 0 Å². The molecule has 0 aliphatic rings. The molecule has 4 nitrogen and oxygen atoms in total. The first kappa shape index (κ1) is 13.6. The van der Waals surface area contributed by atoms with E-state index >= 15 is 0 Å². The van der Waals surface area contributed by atoms with Crippen LogP contribution in [0.3, 0.4) is 0 Å². The molecule has 0 saturated heterocycles. The summed E-state index contributed by atoms with van der Waals surface area (Å²) in [5.74, 6) is 0.490. The number of carbonyl (C=O) groups excluding carboxylic acids is 1. The average Bonchev–Trinajstić information content (AvgIpc) is 2.99. The van der Waals surface area contributed by atoms with Gasteiger partial charge in [-0.05, 0) is 23.6 Å². The lowest BCUT2D eigenvalue weighted by Gasteiger charge is -2.22. The zero-order valence-corrected chi connectivity index (χ0v) is 11.7. The van der Waals surface area contributed by atoms with Crippen molar-refractivity contribution >= 4 is 22.9 Å². The third-order valence-corrected chi connectivity index (χ3v) is 3.85. The Morgan fingerprint density at radius 3 is 2.68 bits per heavy atom. The lowest BCUT2D eigenvalue weighted by molar-refractivity contribution is -0.119. The molecule has 1 amide bonds. The molecule has 0 bridgehead atoms. The molecule has 1 atom stereocenters. The first-order chi connectivity index (χ1) is 9.15. The van der Waals surface area contributed by atoms with E-state index in [1.165, 1.54) is 16.2 Å². The molecule has 0 spiro atoms. The van der Waals surface area contributed by atoms with Crippen molar-refractivity contribution in [3.63, 3.8) is 0 Å². The number of hydrogen-bond donors (Lipinski definition) is 1. The Bertz CT molecular complexity index is 554. The van der Waals surface area contributed by atoms with E-state index in [0.717, 1.165) is 4.88 Å². The lowest BCUT2D eigenvalue weighted by Crippen LogP contribution is -2.35. The highest BCUT2D eigenvalue weighted by Gasteiger charge is 2.23. The quantitative estimate of drug-likeness (QED) is 0.933. The van der Waals surface area contributed by atoms with Crippen molar-refractivity contribution in [3.8, 4) is 5.75 Å². The van der Waals surface area contributed by atoms with E-state index in [1.807, 2.05) is 41.8 Å². The normalized spacial score (nSPS) is 11.9. The standard InChI is InChI=1S/C14H16N2O2S/c1-16(10-6-3-4-7-11(10)18-2)14(17)13(15)12-8-5-9-19-12/h3-9,13H,15H2,1-2H3. The highest BCUT2D eigenvalue weighted by atomic mass is 32.1. The Kier molecular flexibility index (Phi) is 4.19. The summed E-state index contributed by atoms with van der Waals surface area (Å²) in [7, 11) is 3.28. The maximum atomic E-state index is 12.4. The van der Waals surface area contributed by atoms with Crippen molar-refractivity contribution in [2.75, 3.05) is 19.1 Å². The maximum absolute atomic E-state index is 12.4. The fourth-order valence-corrected chi connectivity index (χ4v) is 2.54. The minimum atomic E-state index is -0.644. The fraction of sp³-hybridized carbons (Fsp3) is 0.214. The van der Waals surface area contributed by atoms with Crippen LogP contribution in [0.25, 0.3) is 0 Å². The minimum absolute atomic E-state index is 0.160. The average molecular weight is 276 g/mol. The van der Waals surface area contributed by atoms with Crippen LogP contribution < -0.4 is 15.4 Å². The molecule has 0 aliphatic heterocycles. The van der Waals surface area contributed by atoms with Crippen LogP contribution in [0.1, 0.15) is 10.9 Å². The number of amides is 1. The van der Waals surface area contributed by atoms with E-state index in [4.69, 9.17) is 10.5 Å². The van der Waals surface area contributed by atoms with Crippen LogP contribution in [-0.2, 0) is 4.79 Å². The van der Waals surface area contributed by atoms with Gasteiger partial charge in [0.15, 0.2) is 0 Å². The molecule has 1 unspecified atom stereocenters. The molecule has 0 saturated carbocycles. The van der Waals surface area contributed by atoms with Crippen LogP contribution in [-0.4, -0.2) is 20.1 Å². The summed E-state index contributed by atoms with van der Waals surface area (Å²) in [6.07, 6.45) is 0. The van der Waals surface area contributed by atoms with E-state index in [1.54, 1.807) is 14.2 Å².